The van der Waals surface area contributed by atoms with Gasteiger partial charge in [0.1, 0.15) is 0 Å². The van der Waals surface area contributed by atoms with Crippen LogP contribution in [-0.4, -0.2) is 67.2 Å². The van der Waals surface area contributed by atoms with Crippen LogP contribution in [-0.2, 0) is 11.3 Å². The largest absolute Gasteiger partial charge is 0.373 e. The van der Waals surface area contributed by atoms with E-state index in [2.05, 4.69) is 60.0 Å². The Hall–Kier alpha value is -2.37. The second-order valence-corrected chi connectivity index (χ2v) is 8.26. The third-order valence-corrected chi connectivity index (χ3v) is 5.79. The summed E-state index contributed by atoms with van der Waals surface area (Å²) in [7, 11) is 0. The summed E-state index contributed by atoms with van der Waals surface area (Å²) in [4.78, 5) is 19.7. The molecule has 0 unspecified atom stereocenters. The summed E-state index contributed by atoms with van der Waals surface area (Å²) < 4.78 is 5.81. The zero-order valence-electron chi connectivity index (χ0n) is 17.5. The Morgan fingerprint density at radius 3 is 2.14 bits per heavy atom. The second kappa shape index (κ2) is 8.97. The number of rotatable bonds is 4. The van der Waals surface area contributed by atoms with Crippen molar-refractivity contribution in [3.8, 4) is 0 Å². The van der Waals surface area contributed by atoms with Crippen molar-refractivity contribution in [1.29, 1.82) is 0 Å². The van der Waals surface area contributed by atoms with Crippen LogP contribution >= 0.6 is 0 Å². The van der Waals surface area contributed by atoms with Crippen molar-refractivity contribution in [2.24, 2.45) is 0 Å². The lowest BCUT2D eigenvalue weighted by molar-refractivity contribution is -0.0704. The van der Waals surface area contributed by atoms with Crippen molar-refractivity contribution in [2.45, 2.75) is 32.6 Å². The van der Waals surface area contributed by atoms with E-state index in [-0.39, 0.29) is 18.1 Å². The van der Waals surface area contributed by atoms with Gasteiger partial charge in [-0.15, -0.1) is 0 Å². The van der Waals surface area contributed by atoms with E-state index in [1.165, 1.54) is 11.3 Å². The Morgan fingerprint density at radius 1 is 0.897 bits per heavy atom. The molecule has 29 heavy (non-hydrogen) atoms. The maximum atomic E-state index is 12.9. The number of benzene rings is 2. The Morgan fingerprint density at radius 2 is 1.52 bits per heavy atom. The van der Waals surface area contributed by atoms with Crippen molar-refractivity contribution in [3.63, 3.8) is 0 Å². The standard InChI is InChI=1S/C24H31N3O2/c1-19-16-25(17-20(2)29-19)18-21-8-10-22(11-9-21)24(28)27-14-12-26(13-15-27)23-6-4-3-5-7-23/h3-11,19-20H,12-18H2,1-2H3/t19-,20+. The first-order chi connectivity index (χ1) is 14.1. The van der Waals surface area contributed by atoms with E-state index in [4.69, 9.17) is 4.74 Å². The number of piperazine rings is 1. The number of morpholine rings is 1. The minimum absolute atomic E-state index is 0.137. The van der Waals surface area contributed by atoms with E-state index in [9.17, 15) is 4.79 Å². The number of anilines is 1. The highest BCUT2D eigenvalue weighted by atomic mass is 16.5. The van der Waals surface area contributed by atoms with E-state index >= 15 is 0 Å². The molecule has 5 nitrogen and oxygen atoms in total. The second-order valence-electron chi connectivity index (χ2n) is 8.26. The number of hydrogen-bond donors (Lipinski definition) is 0. The summed E-state index contributed by atoms with van der Waals surface area (Å²) in [6.07, 6.45) is 0.545. The summed E-state index contributed by atoms with van der Waals surface area (Å²) in [6, 6.07) is 18.6. The highest BCUT2D eigenvalue weighted by Gasteiger charge is 2.24. The molecule has 2 saturated heterocycles. The number of para-hydroxylation sites is 1. The molecule has 0 aliphatic carbocycles. The first kappa shape index (κ1) is 19.9. The summed E-state index contributed by atoms with van der Waals surface area (Å²) in [6.45, 7) is 10.3. The molecular formula is C24H31N3O2. The molecule has 1 amide bonds. The van der Waals surface area contributed by atoms with Gasteiger partial charge in [-0.1, -0.05) is 30.3 Å². The molecule has 2 fully saturated rings. The summed E-state index contributed by atoms with van der Waals surface area (Å²) in [5.41, 5.74) is 3.26. The van der Waals surface area contributed by atoms with Gasteiger partial charge in [0.05, 0.1) is 12.2 Å². The van der Waals surface area contributed by atoms with Crippen LogP contribution in [0.1, 0.15) is 29.8 Å². The van der Waals surface area contributed by atoms with Crippen LogP contribution in [0.3, 0.4) is 0 Å². The lowest BCUT2D eigenvalue weighted by Crippen LogP contribution is -2.48. The minimum atomic E-state index is 0.137. The van der Waals surface area contributed by atoms with Crippen LogP contribution in [0.15, 0.2) is 54.6 Å². The van der Waals surface area contributed by atoms with Crippen LogP contribution in [0.4, 0.5) is 5.69 Å². The molecule has 4 rings (SSSR count). The molecule has 2 aliphatic rings. The Kier molecular flexibility index (Phi) is 6.16. The van der Waals surface area contributed by atoms with Crippen LogP contribution < -0.4 is 4.90 Å². The molecule has 0 aromatic heterocycles. The number of nitrogens with zero attached hydrogens (tertiary/aromatic N) is 3. The van der Waals surface area contributed by atoms with Gasteiger partial charge in [0.2, 0.25) is 0 Å². The minimum Gasteiger partial charge on any atom is -0.373 e. The molecule has 2 aliphatic heterocycles. The fraction of sp³-hybridized carbons (Fsp3) is 0.458. The maximum Gasteiger partial charge on any atom is 0.253 e. The van der Waals surface area contributed by atoms with Crippen molar-refractivity contribution in [3.05, 3.63) is 65.7 Å². The molecular weight excluding hydrogens is 362 g/mol. The summed E-state index contributed by atoms with van der Waals surface area (Å²) in [5.74, 6) is 0.137. The van der Waals surface area contributed by atoms with Crippen molar-refractivity contribution in [1.82, 2.24) is 9.80 Å². The first-order valence-electron chi connectivity index (χ1n) is 10.6. The van der Waals surface area contributed by atoms with Crippen LogP contribution in [0.2, 0.25) is 0 Å². The summed E-state index contributed by atoms with van der Waals surface area (Å²) >= 11 is 0. The number of carbonyl (C=O) groups is 1. The topological polar surface area (TPSA) is 36.0 Å². The van der Waals surface area contributed by atoms with Crippen LogP contribution in [0, 0.1) is 0 Å². The predicted molar refractivity (Wildman–Crippen MR) is 116 cm³/mol. The van der Waals surface area contributed by atoms with Gasteiger partial charge in [-0.05, 0) is 43.7 Å². The molecule has 0 saturated carbocycles. The van der Waals surface area contributed by atoms with E-state index < -0.39 is 0 Å². The molecule has 5 heteroatoms. The van der Waals surface area contributed by atoms with Gasteiger partial charge in [0.15, 0.2) is 0 Å². The summed E-state index contributed by atoms with van der Waals surface area (Å²) in [5, 5.41) is 0. The molecule has 0 N–H and O–H groups in total. The van der Waals surface area contributed by atoms with Gasteiger partial charge in [0.25, 0.3) is 5.91 Å². The van der Waals surface area contributed by atoms with Gasteiger partial charge in [-0.25, -0.2) is 0 Å². The first-order valence-corrected chi connectivity index (χ1v) is 10.6. The fourth-order valence-corrected chi connectivity index (χ4v) is 4.41. The zero-order chi connectivity index (χ0) is 20.2. The maximum absolute atomic E-state index is 12.9. The zero-order valence-corrected chi connectivity index (χ0v) is 17.5. The van der Waals surface area contributed by atoms with E-state index in [1.807, 2.05) is 23.1 Å². The highest BCUT2D eigenvalue weighted by Crippen LogP contribution is 2.18. The molecule has 0 spiro atoms. The predicted octanol–water partition coefficient (Wildman–Crippen LogP) is 3.26. The Bertz CT molecular complexity index is 791. The molecule has 2 aromatic carbocycles. The number of ether oxygens (including phenoxy) is 1. The molecule has 0 bridgehead atoms. The highest BCUT2D eigenvalue weighted by molar-refractivity contribution is 5.94. The van der Waals surface area contributed by atoms with Gasteiger partial charge in [-0.2, -0.15) is 0 Å². The average Bonchev–Trinajstić information content (AvgIpc) is 2.74. The van der Waals surface area contributed by atoms with E-state index in [0.717, 1.165) is 51.4 Å². The van der Waals surface area contributed by atoms with Gasteiger partial charge in [-0.3, -0.25) is 9.69 Å². The Balaban J connectivity index is 1.31. The molecule has 154 valence electrons. The third-order valence-electron chi connectivity index (χ3n) is 5.79. The van der Waals surface area contributed by atoms with Crippen molar-refractivity contribution < 1.29 is 9.53 Å². The molecule has 2 atom stereocenters. The lowest BCUT2D eigenvalue weighted by Gasteiger charge is -2.36. The number of carbonyl (C=O) groups excluding carboxylic acids is 1. The van der Waals surface area contributed by atoms with Crippen LogP contribution in [0.25, 0.3) is 0 Å². The van der Waals surface area contributed by atoms with E-state index in [0.29, 0.717) is 0 Å². The van der Waals surface area contributed by atoms with Crippen molar-refractivity contribution in [2.75, 3.05) is 44.2 Å². The molecule has 0 radical (unpaired) electrons. The number of hydrogen-bond acceptors (Lipinski definition) is 4. The van der Waals surface area contributed by atoms with Gasteiger partial charge >= 0.3 is 0 Å². The quantitative estimate of drug-likeness (QED) is 0.799. The third kappa shape index (κ3) is 4.98. The number of amides is 1. The van der Waals surface area contributed by atoms with Gasteiger partial charge < -0.3 is 14.5 Å². The Labute approximate surface area is 173 Å². The molecule has 2 heterocycles. The monoisotopic (exact) mass is 393 g/mol. The van der Waals surface area contributed by atoms with Crippen LogP contribution in [0.5, 0.6) is 0 Å². The van der Waals surface area contributed by atoms with Gasteiger partial charge in [0, 0.05) is 57.1 Å². The SMILES string of the molecule is C[C@@H]1CN(Cc2ccc(C(=O)N3CCN(c4ccccc4)CC3)cc2)C[C@H](C)O1. The molecule has 2 aromatic rings. The normalized spacial score (nSPS) is 23.2. The fourth-order valence-electron chi connectivity index (χ4n) is 4.41. The van der Waals surface area contributed by atoms with Crippen molar-refractivity contribution >= 4 is 11.6 Å². The average molecular weight is 394 g/mol. The smallest absolute Gasteiger partial charge is 0.253 e. The lowest BCUT2D eigenvalue weighted by atomic mass is 10.1. The van der Waals surface area contributed by atoms with E-state index in [1.54, 1.807) is 0 Å².